The molecule has 2 aromatic carbocycles. The highest BCUT2D eigenvalue weighted by Gasteiger charge is 2.27. The van der Waals surface area contributed by atoms with Crippen LogP contribution in [0.3, 0.4) is 0 Å². The zero-order valence-corrected chi connectivity index (χ0v) is 17.0. The van der Waals surface area contributed by atoms with E-state index in [-0.39, 0.29) is 16.7 Å². The van der Waals surface area contributed by atoms with Crippen molar-refractivity contribution >= 4 is 28.6 Å². The standard InChI is InChI=1S/C22H23N3O2S/c1-13-7-6-10-19(14(13)2)25-21(27)17-8-4-5-9-18(17)24-22(25)28-15(3)20(26)23-16-11-12-16/h4-10,15-16H,11-12H2,1-3H3,(H,23,26)/t15-/m0/s1. The van der Waals surface area contributed by atoms with E-state index < -0.39 is 0 Å². The molecule has 4 rings (SSSR count). The average molecular weight is 394 g/mol. The van der Waals surface area contributed by atoms with E-state index in [1.807, 2.05) is 57.2 Å². The van der Waals surface area contributed by atoms with Gasteiger partial charge in [0.05, 0.1) is 21.8 Å². The molecular formula is C22H23N3O2S. The van der Waals surface area contributed by atoms with Crippen LogP contribution in [0.25, 0.3) is 16.6 Å². The summed E-state index contributed by atoms with van der Waals surface area (Å²) in [6.45, 7) is 5.89. The molecule has 0 bridgehead atoms. The fraction of sp³-hybridized carbons (Fsp3) is 0.318. The Bertz CT molecular complexity index is 1120. The number of para-hydroxylation sites is 1. The van der Waals surface area contributed by atoms with E-state index in [0.717, 1.165) is 29.7 Å². The Morgan fingerprint density at radius 1 is 1.18 bits per heavy atom. The zero-order valence-electron chi connectivity index (χ0n) is 16.2. The summed E-state index contributed by atoms with van der Waals surface area (Å²) < 4.78 is 1.65. The molecule has 1 aliphatic carbocycles. The Balaban J connectivity index is 1.85. The van der Waals surface area contributed by atoms with Crippen molar-refractivity contribution in [2.45, 2.75) is 50.1 Å². The van der Waals surface area contributed by atoms with Crippen LogP contribution in [-0.4, -0.2) is 26.8 Å². The van der Waals surface area contributed by atoms with Gasteiger partial charge in [-0.2, -0.15) is 0 Å². The van der Waals surface area contributed by atoms with E-state index in [1.165, 1.54) is 11.8 Å². The van der Waals surface area contributed by atoms with Gasteiger partial charge >= 0.3 is 0 Å². The van der Waals surface area contributed by atoms with Gasteiger partial charge in [0.15, 0.2) is 5.16 Å². The largest absolute Gasteiger partial charge is 0.352 e. The number of carbonyl (C=O) groups is 1. The second-order valence-corrected chi connectivity index (χ2v) is 8.62. The van der Waals surface area contributed by atoms with Gasteiger partial charge in [0.2, 0.25) is 5.91 Å². The van der Waals surface area contributed by atoms with Crippen molar-refractivity contribution in [3.8, 4) is 5.69 Å². The summed E-state index contributed by atoms with van der Waals surface area (Å²) in [6.07, 6.45) is 2.09. The van der Waals surface area contributed by atoms with Crippen molar-refractivity contribution in [3.63, 3.8) is 0 Å². The molecule has 0 spiro atoms. The summed E-state index contributed by atoms with van der Waals surface area (Å²) in [5.41, 5.74) is 3.47. The lowest BCUT2D eigenvalue weighted by Gasteiger charge is -2.18. The van der Waals surface area contributed by atoms with Crippen molar-refractivity contribution in [1.82, 2.24) is 14.9 Å². The van der Waals surface area contributed by atoms with Gasteiger partial charge in [-0.1, -0.05) is 36.0 Å². The first-order valence-corrected chi connectivity index (χ1v) is 10.4. The summed E-state index contributed by atoms with van der Waals surface area (Å²) >= 11 is 1.33. The molecule has 0 aliphatic heterocycles. The predicted molar refractivity (Wildman–Crippen MR) is 113 cm³/mol. The molecule has 1 atom stereocenters. The summed E-state index contributed by atoms with van der Waals surface area (Å²) in [4.78, 5) is 30.6. The van der Waals surface area contributed by atoms with Gasteiger partial charge < -0.3 is 5.32 Å². The van der Waals surface area contributed by atoms with E-state index in [1.54, 1.807) is 10.6 Å². The van der Waals surface area contributed by atoms with Gasteiger partial charge in [-0.3, -0.25) is 14.2 Å². The number of nitrogens with zero attached hydrogens (tertiary/aromatic N) is 2. The molecular weight excluding hydrogens is 370 g/mol. The number of fused-ring (bicyclic) bond motifs is 1. The summed E-state index contributed by atoms with van der Waals surface area (Å²) in [5.74, 6) is -0.0116. The van der Waals surface area contributed by atoms with E-state index in [4.69, 9.17) is 4.98 Å². The van der Waals surface area contributed by atoms with Crippen molar-refractivity contribution < 1.29 is 4.79 Å². The smallest absolute Gasteiger partial charge is 0.266 e. The van der Waals surface area contributed by atoms with Crippen LogP contribution in [0.1, 0.15) is 30.9 Å². The van der Waals surface area contributed by atoms with Gasteiger partial charge in [0, 0.05) is 6.04 Å². The quantitative estimate of drug-likeness (QED) is 0.529. The molecule has 0 unspecified atom stereocenters. The molecule has 3 aromatic rings. The van der Waals surface area contributed by atoms with Crippen LogP contribution in [0.4, 0.5) is 0 Å². The van der Waals surface area contributed by atoms with Crippen molar-refractivity contribution in [1.29, 1.82) is 0 Å². The molecule has 28 heavy (non-hydrogen) atoms. The molecule has 144 valence electrons. The van der Waals surface area contributed by atoms with Crippen molar-refractivity contribution in [2.75, 3.05) is 0 Å². The number of rotatable bonds is 5. The minimum Gasteiger partial charge on any atom is -0.352 e. The number of thioether (sulfide) groups is 1. The van der Waals surface area contributed by atoms with Crippen LogP contribution in [0.2, 0.25) is 0 Å². The molecule has 6 heteroatoms. The molecule has 0 radical (unpaired) electrons. The molecule has 5 nitrogen and oxygen atoms in total. The van der Waals surface area contributed by atoms with Crippen molar-refractivity contribution in [2.24, 2.45) is 0 Å². The van der Waals surface area contributed by atoms with Crippen molar-refractivity contribution in [3.05, 3.63) is 63.9 Å². The maximum Gasteiger partial charge on any atom is 0.266 e. The van der Waals surface area contributed by atoms with E-state index in [0.29, 0.717) is 22.1 Å². The number of carbonyl (C=O) groups excluding carboxylic acids is 1. The highest BCUT2D eigenvalue weighted by molar-refractivity contribution is 8.00. The third-order valence-corrected chi connectivity index (χ3v) is 6.19. The fourth-order valence-electron chi connectivity index (χ4n) is 3.14. The Morgan fingerprint density at radius 2 is 1.93 bits per heavy atom. The molecule has 1 amide bonds. The van der Waals surface area contributed by atoms with E-state index in [2.05, 4.69) is 5.32 Å². The first-order valence-electron chi connectivity index (χ1n) is 9.51. The number of aryl methyl sites for hydroxylation is 1. The topological polar surface area (TPSA) is 64.0 Å². The molecule has 0 saturated heterocycles. The lowest BCUT2D eigenvalue weighted by Crippen LogP contribution is -2.33. The highest BCUT2D eigenvalue weighted by atomic mass is 32.2. The maximum absolute atomic E-state index is 13.4. The molecule has 1 aliphatic rings. The summed E-state index contributed by atoms with van der Waals surface area (Å²) in [6, 6.07) is 13.5. The van der Waals surface area contributed by atoms with Crippen LogP contribution in [0.15, 0.2) is 52.4 Å². The number of hydrogen-bond acceptors (Lipinski definition) is 4. The zero-order chi connectivity index (χ0) is 19.8. The Kier molecular flexibility index (Phi) is 4.98. The normalized spacial score (nSPS) is 14.8. The van der Waals surface area contributed by atoms with Gasteiger partial charge in [-0.25, -0.2) is 4.98 Å². The Hall–Kier alpha value is -2.60. The molecule has 1 fully saturated rings. The number of nitrogens with one attached hydrogen (secondary N) is 1. The van der Waals surface area contributed by atoms with E-state index in [9.17, 15) is 9.59 Å². The fourth-order valence-corrected chi connectivity index (χ4v) is 4.07. The first kappa shape index (κ1) is 18.7. The molecule has 1 N–H and O–H groups in total. The second kappa shape index (κ2) is 7.43. The minimum atomic E-state index is -0.343. The Labute approximate surface area is 168 Å². The lowest BCUT2D eigenvalue weighted by molar-refractivity contribution is -0.120. The number of benzene rings is 2. The summed E-state index contributed by atoms with van der Waals surface area (Å²) in [5, 5.41) is 3.80. The average Bonchev–Trinajstić information content (AvgIpc) is 3.49. The second-order valence-electron chi connectivity index (χ2n) is 7.31. The van der Waals surface area contributed by atoms with Crippen LogP contribution < -0.4 is 10.9 Å². The van der Waals surface area contributed by atoms with Crippen LogP contribution in [0, 0.1) is 13.8 Å². The van der Waals surface area contributed by atoms with Crippen LogP contribution in [-0.2, 0) is 4.79 Å². The van der Waals surface area contributed by atoms with Gasteiger partial charge in [0.25, 0.3) is 5.56 Å². The molecule has 1 saturated carbocycles. The molecule has 1 aromatic heterocycles. The maximum atomic E-state index is 13.4. The SMILES string of the molecule is Cc1cccc(-n2c(S[C@@H](C)C(=O)NC3CC3)nc3ccccc3c2=O)c1C. The van der Waals surface area contributed by atoms with Gasteiger partial charge in [-0.05, 0) is 62.9 Å². The number of hydrogen-bond donors (Lipinski definition) is 1. The van der Waals surface area contributed by atoms with E-state index >= 15 is 0 Å². The summed E-state index contributed by atoms with van der Waals surface area (Å²) in [7, 11) is 0. The molecule has 1 heterocycles. The van der Waals surface area contributed by atoms with Crippen LogP contribution in [0.5, 0.6) is 0 Å². The minimum absolute atomic E-state index is 0.0116. The first-order chi connectivity index (χ1) is 13.5. The monoisotopic (exact) mass is 393 g/mol. The lowest BCUT2D eigenvalue weighted by atomic mass is 10.1. The highest BCUT2D eigenvalue weighted by Crippen LogP contribution is 2.28. The van der Waals surface area contributed by atoms with Gasteiger partial charge in [0.1, 0.15) is 0 Å². The van der Waals surface area contributed by atoms with Gasteiger partial charge in [-0.15, -0.1) is 0 Å². The Morgan fingerprint density at radius 3 is 2.68 bits per heavy atom. The third-order valence-electron chi connectivity index (χ3n) is 5.14. The third kappa shape index (κ3) is 3.56. The predicted octanol–water partition coefficient (Wildman–Crippen LogP) is 3.76. The number of aromatic nitrogens is 2. The number of amides is 1. The van der Waals surface area contributed by atoms with Crippen LogP contribution >= 0.6 is 11.8 Å².